The molecule has 2 N–H and O–H groups in total. The van der Waals surface area contributed by atoms with E-state index in [0.29, 0.717) is 0 Å². The van der Waals surface area contributed by atoms with Crippen LogP contribution >= 0.6 is 27.7 Å². The molecule has 0 fully saturated rings. The van der Waals surface area contributed by atoms with Crippen LogP contribution in [0, 0.1) is 0 Å². The normalized spacial score (nSPS) is 10.7. The van der Waals surface area contributed by atoms with E-state index in [0.717, 1.165) is 29.7 Å². The zero-order chi connectivity index (χ0) is 11.8. The Morgan fingerprint density at radius 1 is 1.44 bits per heavy atom. The predicted molar refractivity (Wildman–Crippen MR) is 73.9 cm³/mol. The summed E-state index contributed by atoms with van der Waals surface area (Å²) in [4.78, 5) is 1.24. The summed E-state index contributed by atoms with van der Waals surface area (Å²) in [5.74, 6) is 0.747. The molecule has 0 aliphatic heterocycles. The maximum Gasteiger partial charge on any atom is 0.0525 e. The van der Waals surface area contributed by atoms with Gasteiger partial charge in [-0.15, -0.1) is 11.8 Å². The quantitative estimate of drug-likeness (QED) is 0.600. The number of nitrogens with one attached hydrogen (secondary N) is 1. The SMILES string of the molecule is CCCNCc1ccc(Br)cc1SCCO. The van der Waals surface area contributed by atoms with Crippen LogP contribution in [0.5, 0.6) is 0 Å². The molecule has 0 heterocycles. The van der Waals surface area contributed by atoms with Crippen molar-refractivity contribution in [2.75, 3.05) is 18.9 Å². The third-order valence-corrected chi connectivity index (χ3v) is 3.69. The summed E-state index contributed by atoms with van der Waals surface area (Å²) in [6.07, 6.45) is 1.15. The van der Waals surface area contributed by atoms with Crippen LogP contribution in [0.2, 0.25) is 0 Å². The highest BCUT2D eigenvalue weighted by molar-refractivity contribution is 9.10. The number of hydrogen-bond donors (Lipinski definition) is 2. The molecule has 0 saturated carbocycles. The molecule has 2 nitrogen and oxygen atoms in total. The van der Waals surface area contributed by atoms with Gasteiger partial charge in [0.2, 0.25) is 0 Å². The van der Waals surface area contributed by atoms with Gasteiger partial charge in [0.15, 0.2) is 0 Å². The first-order valence-electron chi connectivity index (χ1n) is 5.50. The maximum atomic E-state index is 8.85. The summed E-state index contributed by atoms with van der Waals surface area (Å²) >= 11 is 5.17. The largest absolute Gasteiger partial charge is 0.396 e. The van der Waals surface area contributed by atoms with Gasteiger partial charge in [-0.05, 0) is 30.7 Å². The smallest absolute Gasteiger partial charge is 0.0525 e. The highest BCUT2D eigenvalue weighted by Crippen LogP contribution is 2.26. The van der Waals surface area contributed by atoms with Gasteiger partial charge in [-0.1, -0.05) is 28.9 Å². The molecule has 1 aromatic carbocycles. The van der Waals surface area contributed by atoms with E-state index in [4.69, 9.17) is 5.11 Å². The lowest BCUT2D eigenvalue weighted by Gasteiger charge is -2.10. The van der Waals surface area contributed by atoms with Crippen molar-refractivity contribution in [1.82, 2.24) is 5.32 Å². The Kier molecular flexibility index (Phi) is 7.12. The fourth-order valence-electron chi connectivity index (χ4n) is 1.36. The third-order valence-electron chi connectivity index (χ3n) is 2.12. The van der Waals surface area contributed by atoms with Gasteiger partial charge in [0.1, 0.15) is 0 Å². The van der Waals surface area contributed by atoms with Gasteiger partial charge in [0.05, 0.1) is 6.61 Å². The van der Waals surface area contributed by atoms with Gasteiger partial charge < -0.3 is 10.4 Å². The number of aliphatic hydroxyl groups excluding tert-OH is 1. The second-order valence-electron chi connectivity index (χ2n) is 3.50. The molecule has 0 aliphatic rings. The van der Waals surface area contributed by atoms with Crippen molar-refractivity contribution >= 4 is 27.7 Å². The van der Waals surface area contributed by atoms with E-state index in [9.17, 15) is 0 Å². The molecular formula is C12H18BrNOS. The lowest BCUT2D eigenvalue weighted by molar-refractivity contribution is 0.322. The van der Waals surface area contributed by atoms with Crippen molar-refractivity contribution in [3.8, 4) is 0 Å². The van der Waals surface area contributed by atoms with Gasteiger partial charge in [0.25, 0.3) is 0 Å². The van der Waals surface area contributed by atoms with E-state index in [2.05, 4.69) is 46.4 Å². The first-order valence-corrected chi connectivity index (χ1v) is 7.28. The summed E-state index contributed by atoms with van der Waals surface area (Å²) in [5, 5.41) is 12.3. The van der Waals surface area contributed by atoms with Gasteiger partial charge in [0, 0.05) is 21.7 Å². The number of benzene rings is 1. The monoisotopic (exact) mass is 303 g/mol. The Morgan fingerprint density at radius 3 is 2.94 bits per heavy atom. The van der Waals surface area contributed by atoms with Crippen LogP contribution in [0.3, 0.4) is 0 Å². The van der Waals surface area contributed by atoms with Crippen molar-refractivity contribution in [3.05, 3.63) is 28.2 Å². The molecule has 0 atom stereocenters. The number of thioether (sulfide) groups is 1. The zero-order valence-corrected chi connectivity index (χ0v) is 11.9. The fraction of sp³-hybridized carbons (Fsp3) is 0.500. The molecule has 1 aromatic rings. The van der Waals surface area contributed by atoms with Gasteiger partial charge in [-0.25, -0.2) is 0 Å². The minimum absolute atomic E-state index is 0.221. The topological polar surface area (TPSA) is 32.3 Å². The van der Waals surface area contributed by atoms with Crippen molar-refractivity contribution in [3.63, 3.8) is 0 Å². The highest BCUT2D eigenvalue weighted by Gasteiger charge is 2.03. The van der Waals surface area contributed by atoms with E-state index in [1.165, 1.54) is 10.5 Å². The van der Waals surface area contributed by atoms with Crippen LogP contribution in [0.15, 0.2) is 27.6 Å². The van der Waals surface area contributed by atoms with Crippen LogP contribution in [0.25, 0.3) is 0 Å². The standard InChI is InChI=1S/C12H18BrNOS/c1-2-5-14-9-10-3-4-11(13)8-12(10)16-7-6-15/h3-4,8,14-15H,2,5-7,9H2,1H3. The van der Waals surface area contributed by atoms with Crippen molar-refractivity contribution in [2.24, 2.45) is 0 Å². The Labute approximate surface area is 110 Å². The zero-order valence-electron chi connectivity index (χ0n) is 9.50. The first kappa shape index (κ1) is 14.0. The van der Waals surface area contributed by atoms with Crippen LogP contribution in [-0.4, -0.2) is 24.0 Å². The molecule has 0 aromatic heterocycles. The maximum absolute atomic E-state index is 8.85. The molecule has 0 unspecified atom stereocenters. The minimum atomic E-state index is 0.221. The molecule has 0 bridgehead atoms. The van der Waals surface area contributed by atoms with Crippen molar-refractivity contribution < 1.29 is 5.11 Å². The van der Waals surface area contributed by atoms with Crippen molar-refractivity contribution in [1.29, 1.82) is 0 Å². The summed E-state index contributed by atoms with van der Waals surface area (Å²) in [5.41, 5.74) is 1.30. The van der Waals surface area contributed by atoms with Gasteiger partial charge >= 0.3 is 0 Å². The summed E-state index contributed by atoms with van der Waals surface area (Å²) in [7, 11) is 0. The number of hydrogen-bond acceptors (Lipinski definition) is 3. The Hall–Kier alpha value is -0.0300. The third kappa shape index (κ3) is 4.87. The molecule has 4 heteroatoms. The van der Waals surface area contributed by atoms with Crippen LogP contribution in [0.4, 0.5) is 0 Å². The van der Waals surface area contributed by atoms with Crippen LogP contribution < -0.4 is 5.32 Å². The second-order valence-corrected chi connectivity index (χ2v) is 5.55. The van der Waals surface area contributed by atoms with Crippen LogP contribution in [-0.2, 0) is 6.54 Å². The molecule has 0 spiro atoms. The molecule has 90 valence electrons. The fourth-order valence-corrected chi connectivity index (χ4v) is 2.72. The average Bonchev–Trinajstić information content (AvgIpc) is 2.29. The van der Waals surface area contributed by atoms with Gasteiger partial charge in [-0.3, -0.25) is 0 Å². The van der Waals surface area contributed by atoms with E-state index in [1.807, 2.05) is 0 Å². The van der Waals surface area contributed by atoms with Crippen molar-refractivity contribution in [2.45, 2.75) is 24.8 Å². The lowest BCUT2D eigenvalue weighted by Crippen LogP contribution is -2.14. The Balaban J connectivity index is 2.64. The summed E-state index contributed by atoms with van der Waals surface area (Å²) in [6.45, 7) is 4.32. The average molecular weight is 304 g/mol. The lowest BCUT2D eigenvalue weighted by atomic mass is 10.2. The molecule has 1 rings (SSSR count). The van der Waals surface area contributed by atoms with Gasteiger partial charge in [-0.2, -0.15) is 0 Å². The molecule has 0 amide bonds. The molecule has 0 saturated heterocycles. The molecule has 0 aliphatic carbocycles. The number of aliphatic hydroxyl groups is 1. The first-order chi connectivity index (χ1) is 7.77. The molecule has 0 radical (unpaired) electrons. The summed E-state index contributed by atoms with van der Waals surface area (Å²) < 4.78 is 1.09. The number of halogens is 1. The highest BCUT2D eigenvalue weighted by atomic mass is 79.9. The Morgan fingerprint density at radius 2 is 2.25 bits per heavy atom. The Bertz CT molecular complexity index is 320. The second kappa shape index (κ2) is 8.12. The number of rotatable bonds is 7. The molecule has 16 heavy (non-hydrogen) atoms. The molecular weight excluding hydrogens is 286 g/mol. The van der Waals surface area contributed by atoms with E-state index in [1.54, 1.807) is 11.8 Å². The van der Waals surface area contributed by atoms with Crippen LogP contribution in [0.1, 0.15) is 18.9 Å². The van der Waals surface area contributed by atoms with E-state index < -0.39 is 0 Å². The minimum Gasteiger partial charge on any atom is -0.396 e. The summed E-state index contributed by atoms with van der Waals surface area (Å²) in [6, 6.07) is 6.31. The predicted octanol–water partition coefficient (Wildman–Crippen LogP) is 3.03. The van der Waals surface area contributed by atoms with E-state index in [-0.39, 0.29) is 6.61 Å². The van der Waals surface area contributed by atoms with E-state index >= 15 is 0 Å².